The molecule has 1 amide bonds. The SMILES string of the molecule is Cc1cc(OCC(=O)N/N=C\c2cc3c(cc2Cl)OCO3)cc(C)c1Cl. The molecule has 0 saturated carbocycles. The Balaban J connectivity index is 1.55. The van der Waals surface area contributed by atoms with Crippen LogP contribution in [0.25, 0.3) is 0 Å². The minimum Gasteiger partial charge on any atom is -0.484 e. The molecule has 26 heavy (non-hydrogen) atoms. The Morgan fingerprint density at radius 1 is 1.19 bits per heavy atom. The Hall–Kier alpha value is -2.44. The van der Waals surface area contributed by atoms with E-state index in [1.165, 1.54) is 6.21 Å². The highest BCUT2D eigenvalue weighted by molar-refractivity contribution is 6.33. The third-order valence-electron chi connectivity index (χ3n) is 3.66. The largest absolute Gasteiger partial charge is 0.484 e. The minimum atomic E-state index is -0.400. The van der Waals surface area contributed by atoms with E-state index in [0.717, 1.165) is 11.1 Å². The first-order valence-electron chi connectivity index (χ1n) is 7.74. The van der Waals surface area contributed by atoms with Gasteiger partial charge in [0.05, 0.1) is 11.2 Å². The highest BCUT2D eigenvalue weighted by Gasteiger charge is 2.15. The van der Waals surface area contributed by atoms with E-state index in [1.54, 1.807) is 24.3 Å². The number of hydrogen-bond donors (Lipinski definition) is 1. The van der Waals surface area contributed by atoms with Crippen molar-refractivity contribution in [1.82, 2.24) is 5.43 Å². The van der Waals surface area contributed by atoms with Crippen molar-refractivity contribution >= 4 is 35.3 Å². The Morgan fingerprint density at radius 3 is 2.54 bits per heavy atom. The average molecular weight is 395 g/mol. The molecule has 1 heterocycles. The van der Waals surface area contributed by atoms with Crippen molar-refractivity contribution in [2.45, 2.75) is 13.8 Å². The molecule has 8 heteroatoms. The Kier molecular flexibility index (Phi) is 5.54. The van der Waals surface area contributed by atoms with E-state index in [1.807, 2.05) is 13.8 Å². The smallest absolute Gasteiger partial charge is 0.277 e. The first kappa shape index (κ1) is 18.4. The van der Waals surface area contributed by atoms with Crippen LogP contribution in [0.5, 0.6) is 17.2 Å². The summed E-state index contributed by atoms with van der Waals surface area (Å²) in [6.07, 6.45) is 1.43. The van der Waals surface area contributed by atoms with Crippen molar-refractivity contribution in [3.8, 4) is 17.2 Å². The number of benzene rings is 2. The lowest BCUT2D eigenvalue weighted by Gasteiger charge is -2.09. The first-order chi connectivity index (χ1) is 12.4. The number of hydrazone groups is 1. The van der Waals surface area contributed by atoms with Crippen molar-refractivity contribution < 1.29 is 19.0 Å². The van der Waals surface area contributed by atoms with Gasteiger partial charge in [0.1, 0.15) is 5.75 Å². The van der Waals surface area contributed by atoms with Crippen LogP contribution in [0.15, 0.2) is 29.4 Å². The van der Waals surface area contributed by atoms with Gasteiger partial charge < -0.3 is 14.2 Å². The molecule has 0 atom stereocenters. The summed E-state index contributed by atoms with van der Waals surface area (Å²) in [5.41, 5.74) is 4.76. The van der Waals surface area contributed by atoms with Gasteiger partial charge in [-0.05, 0) is 43.2 Å². The summed E-state index contributed by atoms with van der Waals surface area (Å²) in [6.45, 7) is 3.74. The molecule has 1 aliphatic rings. The van der Waals surface area contributed by atoms with E-state index < -0.39 is 5.91 Å². The summed E-state index contributed by atoms with van der Waals surface area (Å²) < 4.78 is 16.0. The number of aryl methyl sites for hydroxylation is 2. The van der Waals surface area contributed by atoms with Gasteiger partial charge in [-0.25, -0.2) is 5.43 Å². The number of hydrogen-bond acceptors (Lipinski definition) is 5. The number of halogens is 2. The fourth-order valence-corrected chi connectivity index (χ4v) is 2.69. The van der Waals surface area contributed by atoms with Crippen molar-refractivity contribution in [2.75, 3.05) is 13.4 Å². The number of nitrogens with one attached hydrogen (secondary N) is 1. The molecule has 0 saturated heterocycles. The van der Waals surface area contributed by atoms with Gasteiger partial charge in [0.2, 0.25) is 6.79 Å². The molecule has 3 rings (SSSR count). The lowest BCUT2D eigenvalue weighted by molar-refractivity contribution is -0.123. The monoisotopic (exact) mass is 394 g/mol. The Labute approximate surface area is 160 Å². The molecular weight excluding hydrogens is 379 g/mol. The van der Waals surface area contributed by atoms with Gasteiger partial charge in [0, 0.05) is 16.7 Å². The number of amides is 1. The van der Waals surface area contributed by atoms with Crippen LogP contribution >= 0.6 is 23.2 Å². The van der Waals surface area contributed by atoms with E-state index in [2.05, 4.69) is 10.5 Å². The van der Waals surface area contributed by atoms with Crippen molar-refractivity contribution in [2.24, 2.45) is 5.10 Å². The molecule has 0 bridgehead atoms. The van der Waals surface area contributed by atoms with E-state index >= 15 is 0 Å². The lowest BCUT2D eigenvalue weighted by atomic mass is 10.1. The second kappa shape index (κ2) is 7.85. The maximum atomic E-state index is 11.9. The number of nitrogens with zero attached hydrogens (tertiary/aromatic N) is 1. The third-order valence-corrected chi connectivity index (χ3v) is 4.59. The molecule has 1 N–H and O–H groups in total. The molecule has 0 radical (unpaired) electrons. The van der Waals surface area contributed by atoms with Gasteiger partial charge in [-0.15, -0.1) is 0 Å². The van der Waals surface area contributed by atoms with Crippen molar-refractivity contribution in [3.63, 3.8) is 0 Å². The van der Waals surface area contributed by atoms with Gasteiger partial charge in [-0.2, -0.15) is 5.10 Å². The first-order valence-corrected chi connectivity index (χ1v) is 8.50. The maximum Gasteiger partial charge on any atom is 0.277 e. The molecule has 0 unspecified atom stereocenters. The minimum absolute atomic E-state index is 0.157. The zero-order valence-corrected chi connectivity index (χ0v) is 15.6. The van der Waals surface area contributed by atoms with E-state index in [0.29, 0.717) is 32.9 Å². The van der Waals surface area contributed by atoms with Gasteiger partial charge in [-0.3, -0.25) is 4.79 Å². The lowest BCUT2D eigenvalue weighted by Crippen LogP contribution is -2.24. The second-order valence-electron chi connectivity index (χ2n) is 5.68. The quantitative estimate of drug-likeness (QED) is 0.617. The molecule has 1 aliphatic heterocycles. The molecule has 0 fully saturated rings. The van der Waals surface area contributed by atoms with Gasteiger partial charge in [-0.1, -0.05) is 23.2 Å². The van der Waals surface area contributed by atoms with Crippen LogP contribution < -0.4 is 19.6 Å². The Bertz CT molecular complexity index is 861. The van der Waals surface area contributed by atoms with Gasteiger partial charge in [0.15, 0.2) is 18.1 Å². The number of carbonyl (C=O) groups is 1. The summed E-state index contributed by atoms with van der Waals surface area (Å²) in [5, 5.41) is 5.01. The Morgan fingerprint density at radius 2 is 1.85 bits per heavy atom. The standard InChI is InChI=1S/C18H16Cl2N2O4/c1-10-3-13(4-11(2)18(10)20)24-8-17(23)22-21-7-12-5-15-16(6-14(12)19)26-9-25-15/h3-7H,8-9H2,1-2H3,(H,22,23)/b21-7-. The summed E-state index contributed by atoms with van der Waals surface area (Å²) >= 11 is 12.2. The predicted octanol–water partition coefficient (Wildman–Crippen LogP) is 3.87. The fraction of sp³-hybridized carbons (Fsp3) is 0.222. The average Bonchev–Trinajstić information content (AvgIpc) is 3.05. The third kappa shape index (κ3) is 4.20. The number of fused-ring (bicyclic) bond motifs is 1. The van der Waals surface area contributed by atoms with Crippen LogP contribution in [0.3, 0.4) is 0 Å². The maximum absolute atomic E-state index is 11.9. The predicted molar refractivity (Wildman–Crippen MR) is 99.7 cm³/mol. The zero-order chi connectivity index (χ0) is 18.7. The molecule has 6 nitrogen and oxygen atoms in total. The van der Waals surface area contributed by atoms with Crippen molar-refractivity contribution in [1.29, 1.82) is 0 Å². The van der Waals surface area contributed by atoms with Gasteiger partial charge >= 0.3 is 0 Å². The summed E-state index contributed by atoms with van der Waals surface area (Å²) in [5.74, 6) is 1.34. The summed E-state index contributed by atoms with van der Waals surface area (Å²) in [4.78, 5) is 11.9. The molecular formula is C18H16Cl2N2O4. The number of rotatable bonds is 5. The topological polar surface area (TPSA) is 69.2 Å². The highest BCUT2D eigenvalue weighted by atomic mass is 35.5. The normalized spacial score (nSPS) is 12.5. The van der Waals surface area contributed by atoms with Crippen LogP contribution in [-0.2, 0) is 4.79 Å². The van der Waals surface area contributed by atoms with E-state index in [9.17, 15) is 4.79 Å². The molecule has 0 aromatic heterocycles. The highest BCUT2D eigenvalue weighted by Crippen LogP contribution is 2.36. The van der Waals surface area contributed by atoms with Crippen LogP contribution in [0.2, 0.25) is 10.0 Å². The van der Waals surface area contributed by atoms with Crippen molar-refractivity contribution in [3.05, 3.63) is 51.0 Å². The van der Waals surface area contributed by atoms with Crippen LogP contribution in [-0.4, -0.2) is 25.5 Å². The van der Waals surface area contributed by atoms with E-state index in [4.69, 9.17) is 37.4 Å². The van der Waals surface area contributed by atoms with Crippen LogP contribution in [0.4, 0.5) is 0 Å². The summed E-state index contributed by atoms with van der Waals surface area (Å²) in [7, 11) is 0. The second-order valence-corrected chi connectivity index (χ2v) is 6.47. The van der Waals surface area contributed by atoms with E-state index in [-0.39, 0.29) is 13.4 Å². The molecule has 0 spiro atoms. The molecule has 2 aromatic carbocycles. The van der Waals surface area contributed by atoms with Gasteiger partial charge in [0.25, 0.3) is 5.91 Å². The summed E-state index contributed by atoms with van der Waals surface area (Å²) in [6, 6.07) is 6.88. The zero-order valence-electron chi connectivity index (χ0n) is 14.1. The molecule has 2 aromatic rings. The van der Waals surface area contributed by atoms with Crippen LogP contribution in [0.1, 0.15) is 16.7 Å². The molecule has 0 aliphatic carbocycles. The molecule has 136 valence electrons. The number of carbonyl (C=O) groups excluding carboxylic acids is 1. The fourth-order valence-electron chi connectivity index (χ4n) is 2.38. The van der Waals surface area contributed by atoms with Crippen LogP contribution in [0, 0.1) is 13.8 Å². The number of ether oxygens (including phenoxy) is 3.